The maximum Gasteiger partial charge on any atom is 0.338 e. The van der Waals surface area contributed by atoms with Gasteiger partial charge in [0, 0.05) is 25.4 Å². The number of carboxylic acid groups (broad SMARTS) is 1. The van der Waals surface area contributed by atoms with Gasteiger partial charge in [-0.15, -0.1) is 0 Å². The van der Waals surface area contributed by atoms with Crippen LogP contribution in [0.5, 0.6) is 0 Å². The lowest BCUT2D eigenvalue weighted by Gasteiger charge is -2.13. The van der Waals surface area contributed by atoms with Crippen molar-refractivity contribution in [3.8, 4) is 0 Å². The first-order chi connectivity index (χ1) is 7.75. The molecular weight excluding hydrogens is 206 g/mol. The number of rotatable bonds is 4. The smallest absolute Gasteiger partial charge is 0.338 e. The summed E-state index contributed by atoms with van der Waals surface area (Å²) in [4.78, 5) is 21.1. The van der Waals surface area contributed by atoms with Gasteiger partial charge < -0.3 is 10.0 Å². The summed E-state index contributed by atoms with van der Waals surface area (Å²) in [5.74, 6) is -0.261. The molecule has 0 atom stereocenters. The highest BCUT2D eigenvalue weighted by molar-refractivity contribution is 5.86. The number of carboxylic acids is 1. The number of hydrogen-bond acceptors (Lipinski definition) is 4. The molecule has 0 bridgehead atoms. The van der Waals surface area contributed by atoms with Crippen molar-refractivity contribution in [2.75, 3.05) is 19.6 Å². The van der Waals surface area contributed by atoms with Gasteiger partial charge in [0.2, 0.25) is 0 Å². The Balaban J connectivity index is 1.87. The highest BCUT2D eigenvalue weighted by atomic mass is 16.4. The molecule has 2 heterocycles. The van der Waals surface area contributed by atoms with E-state index in [9.17, 15) is 4.79 Å². The Morgan fingerprint density at radius 3 is 2.50 bits per heavy atom. The summed E-state index contributed by atoms with van der Waals surface area (Å²) in [6.45, 7) is 3.28. The van der Waals surface area contributed by atoms with E-state index in [1.165, 1.54) is 25.2 Å². The SMILES string of the molecule is O=C(O)c1cnc(CCN2CCCC2)nc1. The predicted molar refractivity (Wildman–Crippen MR) is 58.4 cm³/mol. The molecule has 1 aromatic rings. The van der Waals surface area contributed by atoms with Gasteiger partial charge in [-0.3, -0.25) is 0 Å². The number of hydrogen-bond donors (Lipinski definition) is 1. The van der Waals surface area contributed by atoms with Gasteiger partial charge in [0.25, 0.3) is 0 Å². The van der Waals surface area contributed by atoms with E-state index >= 15 is 0 Å². The van der Waals surface area contributed by atoms with Gasteiger partial charge in [-0.25, -0.2) is 14.8 Å². The number of likely N-dealkylation sites (tertiary alicyclic amines) is 1. The van der Waals surface area contributed by atoms with Gasteiger partial charge in [0.05, 0.1) is 5.56 Å². The maximum atomic E-state index is 10.6. The molecule has 0 aliphatic carbocycles. The van der Waals surface area contributed by atoms with E-state index < -0.39 is 5.97 Å². The molecule has 1 saturated heterocycles. The van der Waals surface area contributed by atoms with Crippen molar-refractivity contribution >= 4 is 5.97 Å². The van der Waals surface area contributed by atoms with Crippen LogP contribution in [0, 0.1) is 0 Å². The second kappa shape index (κ2) is 5.03. The summed E-state index contributed by atoms with van der Waals surface area (Å²) in [5.41, 5.74) is 0.143. The van der Waals surface area contributed by atoms with E-state index in [-0.39, 0.29) is 5.56 Å². The summed E-state index contributed by atoms with van der Waals surface area (Å²) < 4.78 is 0. The third kappa shape index (κ3) is 2.76. The number of carbonyl (C=O) groups is 1. The zero-order valence-corrected chi connectivity index (χ0v) is 9.09. The lowest BCUT2D eigenvalue weighted by molar-refractivity contribution is 0.0696. The van der Waals surface area contributed by atoms with Crippen molar-refractivity contribution in [2.24, 2.45) is 0 Å². The average molecular weight is 221 g/mol. The van der Waals surface area contributed by atoms with Crippen LogP contribution >= 0.6 is 0 Å². The van der Waals surface area contributed by atoms with Gasteiger partial charge >= 0.3 is 5.97 Å². The number of nitrogens with zero attached hydrogens (tertiary/aromatic N) is 3. The third-order valence-corrected chi connectivity index (χ3v) is 2.80. The van der Waals surface area contributed by atoms with Crippen LogP contribution in [-0.4, -0.2) is 45.6 Å². The van der Waals surface area contributed by atoms with E-state index in [0.717, 1.165) is 31.9 Å². The summed E-state index contributed by atoms with van der Waals surface area (Å²) in [6.07, 6.45) is 6.08. The molecule has 2 rings (SSSR count). The fourth-order valence-electron chi connectivity index (χ4n) is 1.86. The zero-order chi connectivity index (χ0) is 11.4. The molecule has 5 nitrogen and oxygen atoms in total. The summed E-state index contributed by atoms with van der Waals surface area (Å²) in [6, 6.07) is 0. The van der Waals surface area contributed by atoms with Crippen LogP contribution in [0.2, 0.25) is 0 Å². The monoisotopic (exact) mass is 221 g/mol. The fraction of sp³-hybridized carbons (Fsp3) is 0.545. The van der Waals surface area contributed by atoms with E-state index in [1.54, 1.807) is 0 Å². The van der Waals surface area contributed by atoms with E-state index in [0.29, 0.717) is 0 Å². The predicted octanol–water partition coefficient (Wildman–Crippen LogP) is 0.813. The Bertz CT molecular complexity index is 358. The zero-order valence-electron chi connectivity index (χ0n) is 9.09. The standard InChI is InChI=1S/C11H15N3O2/c15-11(16)9-7-12-10(13-8-9)3-6-14-4-1-2-5-14/h7-8H,1-6H2,(H,15,16). The average Bonchev–Trinajstić information content (AvgIpc) is 2.80. The van der Waals surface area contributed by atoms with E-state index in [4.69, 9.17) is 5.11 Å². The summed E-state index contributed by atoms with van der Waals surface area (Å²) in [5, 5.41) is 8.69. The topological polar surface area (TPSA) is 66.3 Å². The van der Waals surface area contributed by atoms with Crippen LogP contribution in [0.15, 0.2) is 12.4 Å². The molecule has 1 aromatic heterocycles. The molecule has 0 radical (unpaired) electrons. The number of aromatic nitrogens is 2. The number of aromatic carboxylic acids is 1. The molecule has 5 heteroatoms. The minimum absolute atomic E-state index is 0.143. The van der Waals surface area contributed by atoms with Crippen LogP contribution in [0.3, 0.4) is 0 Å². The van der Waals surface area contributed by atoms with Gasteiger partial charge in [0.15, 0.2) is 0 Å². The van der Waals surface area contributed by atoms with Crippen LogP contribution in [0.1, 0.15) is 29.0 Å². The Morgan fingerprint density at radius 1 is 1.31 bits per heavy atom. The van der Waals surface area contributed by atoms with Gasteiger partial charge in [0.1, 0.15) is 5.82 Å². The molecule has 1 N–H and O–H groups in total. The highest BCUT2D eigenvalue weighted by Gasteiger charge is 2.11. The second-order valence-corrected chi connectivity index (χ2v) is 3.99. The lowest BCUT2D eigenvalue weighted by atomic mass is 10.3. The molecule has 0 saturated carbocycles. The summed E-state index contributed by atoms with van der Waals surface area (Å²) >= 11 is 0. The van der Waals surface area contributed by atoms with Crippen LogP contribution < -0.4 is 0 Å². The van der Waals surface area contributed by atoms with Crippen molar-refractivity contribution in [1.29, 1.82) is 0 Å². The Hall–Kier alpha value is -1.49. The molecule has 1 aliphatic heterocycles. The largest absolute Gasteiger partial charge is 0.478 e. The first-order valence-corrected chi connectivity index (χ1v) is 5.52. The Labute approximate surface area is 94.1 Å². The first kappa shape index (κ1) is 11.0. The molecule has 1 fully saturated rings. The quantitative estimate of drug-likeness (QED) is 0.815. The van der Waals surface area contributed by atoms with Crippen molar-refractivity contribution in [1.82, 2.24) is 14.9 Å². The molecule has 0 unspecified atom stereocenters. The second-order valence-electron chi connectivity index (χ2n) is 3.99. The molecule has 0 aromatic carbocycles. The molecule has 86 valence electrons. The van der Waals surface area contributed by atoms with Crippen LogP contribution in [0.25, 0.3) is 0 Å². The first-order valence-electron chi connectivity index (χ1n) is 5.52. The highest BCUT2D eigenvalue weighted by Crippen LogP contribution is 2.07. The lowest BCUT2D eigenvalue weighted by Crippen LogP contribution is -2.22. The maximum absolute atomic E-state index is 10.6. The normalized spacial score (nSPS) is 16.5. The summed E-state index contributed by atoms with van der Waals surface area (Å²) in [7, 11) is 0. The molecule has 16 heavy (non-hydrogen) atoms. The minimum Gasteiger partial charge on any atom is -0.478 e. The van der Waals surface area contributed by atoms with Gasteiger partial charge in [-0.1, -0.05) is 0 Å². The molecular formula is C11H15N3O2. The van der Waals surface area contributed by atoms with Gasteiger partial charge in [-0.2, -0.15) is 0 Å². The third-order valence-electron chi connectivity index (χ3n) is 2.80. The van der Waals surface area contributed by atoms with Crippen molar-refractivity contribution in [3.05, 3.63) is 23.8 Å². The molecule has 1 aliphatic rings. The fourth-order valence-corrected chi connectivity index (χ4v) is 1.86. The van der Waals surface area contributed by atoms with Crippen LogP contribution in [0.4, 0.5) is 0 Å². The van der Waals surface area contributed by atoms with Gasteiger partial charge in [-0.05, 0) is 25.9 Å². The Morgan fingerprint density at radius 2 is 1.94 bits per heavy atom. The Kier molecular flexibility index (Phi) is 3.46. The van der Waals surface area contributed by atoms with Crippen molar-refractivity contribution in [2.45, 2.75) is 19.3 Å². The van der Waals surface area contributed by atoms with Crippen molar-refractivity contribution in [3.63, 3.8) is 0 Å². The van der Waals surface area contributed by atoms with E-state index in [2.05, 4.69) is 14.9 Å². The van der Waals surface area contributed by atoms with Crippen molar-refractivity contribution < 1.29 is 9.90 Å². The molecule has 0 amide bonds. The minimum atomic E-state index is -0.980. The van der Waals surface area contributed by atoms with Crippen LogP contribution in [-0.2, 0) is 6.42 Å². The molecule has 0 spiro atoms. The van der Waals surface area contributed by atoms with E-state index in [1.807, 2.05) is 0 Å².